The molecule has 1 aromatic heterocycles. The summed E-state index contributed by atoms with van der Waals surface area (Å²) in [6.07, 6.45) is 2.35. The van der Waals surface area contributed by atoms with Crippen LogP contribution in [-0.2, 0) is 0 Å². The third-order valence-corrected chi connectivity index (χ3v) is 5.99. The van der Waals surface area contributed by atoms with Crippen molar-refractivity contribution in [3.8, 4) is 0 Å². The van der Waals surface area contributed by atoms with Crippen molar-refractivity contribution in [3.63, 3.8) is 0 Å². The van der Waals surface area contributed by atoms with Gasteiger partial charge < -0.3 is 15.1 Å². The number of aromatic nitrogens is 2. The molecule has 0 atom stereocenters. The van der Waals surface area contributed by atoms with Gasteiger partial charge in [-0.15, -0.1) is 0 Å². The largest absolute Gasteiger partial charge is 0.364 e. The molecule has 0 unspecified atom stereocenters. The molecule has 1 aliphatic carbocycles. The van der Waals surface area contributed by atoms with E-state index in [4.69, 9.17) is 21.6 Å². The minimum absolute atomic E-state index is 0.0599. The molecule has 1 aliphatic heterocycles. The van der Waals surface area contributed by atoms with Crippen molar-refractivity contribution in [2.45, 2.75) is 25.8 Å². The first-order valence-electron chi connectivity index (χ1n) is 10.4. The van der Waals surface area contributed by atoms with Gasteiger partial charge in [0.1, 0.15) is 0 Å². The molecule has 0 radical (unpaired) electrons. The predicted octanol–water partition coefficient (Wildman–Crippen LogP) is 4.13. The van der Waals surface area contributed by atoms with Crippen LogP contribution < -0.4 is 10.2 Å². The summed E-state index contributed by atoms with van der Waals surface area (Å²) >= 11 is 6.04. The van der Waals surface area contributed by atoms with Gasteiger partial charge in [0, 0.05) is 42.8 Å². The fourth-order valence-electron chi connectivity index (χ4n) is 3.89. The van der Waals surface area contributed by atoms with E-state index in [1.54, 1.807) is 6.07 Å². The minimum Gasteiger partial charge on any atom is -0.364 e. The van der Waals surface area contributed by atoms with Crippen LogP contribution in [0.5, 0.6) is 0 Å². The zero-order chi connectivity index (χ0) is 20.7. The van der Waals surface area contributed by atoms with Crippen LogP contribution in [0.15, 0.2) is 42.5 Å². The Kier molecular flexibility index (Phi) is 4.95. The van der Waals surface area contributed by atoms with Gasteiger partial charge in [0.2, 0.25) is 0 Å². The number of carbonyl (C=O) groups excluding carboxylic acids is 1. The molecule has 2 heterocycles. The Morgan fingerprint density at radius 3 is 2.40 bits per heavy atom. The number of benzene rings is 2. The van der Waals surface area contributed by atoms with Gasteiger partial charge in [-0.3, -0.25) is 4.79 Å². The summed E-state index contributed by atoms with van der Waals surface area (Å²) in [4.78, 5) is 26.9. The Morgan fingerprint density at radius 1 is 1.03 bits per heavy atom. The van der Waals surface area contributed by atoms with Crippen LogP contribution in [0.3, 0.4) is 0 Å². The molecule has 0 bridgehead atoms. The van der Waals surface area contributed by atoms with Gasteiger partial charge in [0.05, 0.1) is 11.0 Å². The average Bonchev–Trinajstić information content (AvgIpc) is 3.57. The first-order valence-corrected chi connectivity index (χ1v) is 10.8. The van der Waals surface area contributed by atoms with Crippen molar-refractivity contribution < 1.29 is 4.79 Å². The molecule has 2 fully saturated rings. The lowest BCUT2D eigenvalue weighted by Gasteiger charge is -2.36. The Morgan fingerprint density at radius 2 is 1.73 bits per heavy atom. The molecule has 30 heavy (non-hydrogen) atoms. The van der Waals surface area contributed by atoms with E-state index < -0.39 is 0 Å². The molecule has 5 rings (SSSR count). The summed E-state index contributed by atoms with van der Waals surface area (Å²) in [5, 5.41) is 4.19. The number of piperazine rings is 1. The van der Waals surface area contributed by atoms with Crippen molar-refractivity contribution in [2.24, 2.45) is 0 Å². The van der Waals surface area contributed by atoms with Gasteiger partial charge in [-0.2, -0.15) is 0 Å². The second kappa shape index (κ2) is 7.76. The second-order valence-corrected chi connectivity index (χ2v) is 8.48. The summed E-state index contributed by atoms with van der Waals surface area (Å²) in [6.45, 7) is 4.68. The van der Waals surface area contributed by atoms with E-state index in [0.717, 1.165) is 46.9 Å². The minimum atomic E-state index is 0.0599. The molecule has 1 saturated heterocycles. The smallest absolute Gasteiger partial charge is 0.254 e. The van der Waals surface area contributed by atoms with Gasteiger partial charge in [0.25, 0.3) is 5.91 Å². The number of aryl methyl sites for hydroxylation is 1. The summed E-state index contributed by atoms with van der Waals surface area (Å²) in [7, 11) is 0. The molecule has 1 saturated carbocycles. The highest BCUT2D eigenvalue weighted by atomic mass is 35.5. The quantitative estimate of drug-likeness (QED) is 0.686. The first-order chi connectivity index (χ1) is 14.6. The lowest BCUT2D eigenvalue weighted by molar-refractivity contribution is 0.0746. The molecule has 0 spiro atoms. The summed E-state index contributed by atoms with van der Waals surface area (Å²) in [6, 6.07) is 13.9. The van der Waals surface area contributed by atoms with Crippen molar-refractivity contribution in [3.05, 3.63) is 58.6 Å². The summed E-state index contributed by atoms with van der Waals surface area (Å²) in [5.74, 6) is 1.80. The third-order valence-electron chi connectivity index (χ3n) is 5.76. The number of halogens is 1. The highest BCUT2D eigenvalue weighted by Gasteiger charge is 2.28. The number of anilines is 2. The molecular weight excluding hydrogens is 398 g/mol. The van der Waals surface area contributed by atoms with Gasteiger partial charge in [0.15, 0.2) is 11.6 Å². The Labute approximate surface area is 180 Å². The fraction of sp³-hybridized carbons (Fsp3) is 0.348. The second-order valence-electron chi connectivity index (χ2n) is 8.04. The molecule has 1 amide bonds. The van der Waals surface area contributed by atoms with Crippen molar-refractivity contribution in [1.29, 1.82) is 0 Å². The van der Waals surface area contributed by atoms with Gasteiger partial charge in [-0.05, 0) is 55.7 Å². The molecule has 2 aliphatic rings. The number of carbonyl (C=O) groups is 1. The van der Waals surface area contributed by atoms with Crippen molar-refractivity contribution >= 4 is 40.2 Å². The summed E-state index contributed by atoms with van der Waals surface area (Å²) < 4.78 is 0. The normalized spacial score (nSPS) is 16.7. The SMILES string of the molecule is Cc1cc(Cl)ccc1C(=O)N1CCN(c2nc3ccccc3nc2NC2CC2)CC1. The van der Waals surface area contributed by atoms with E-state index in [2.05, 4.69) is 10.2 Å². The van der Waals surface area contributed by atoms with Crippen molar-refractivity contribution in [2.75, 3.05) is 36.4 Å². The van der Waals surface area contributed by atoms with Crippen LogP contribution in [0, 0.1) is 6.92 Å². The molecular formula is C23H24ClN5O. The Bertz CT molecular complexity index is 1110. The van der Waals surface area contributed by atoms with Crippen molar-refractivity contribution in [1.82, 2.24) is 14.9 Å². The lowest BCUT2D eigenvalue weighted by atomic mass is 10.1. The maximum absolute atomic E-state index is 13.0. The molecule has 154 valence electrons. The monoisotopic (exact) mass is 421 g/mol. The highest BCUT2D eigenvalue weighted by molar-refractivity contribution is 6.30. The van der Waals surface area contributed by atoms with Crippen LogP contribution in [0.1, 0.15) is 28.8 Å². The molecule has 2 aromatic carbocycles. The van der Waals surface area contributed by atoms with Gasteiger partial charge in [-0.1, -0.05) is 23.7 Å². The zero-order valence-corrected chi connectivity index (χ0v) is 17.7. The van der Waals surface area contributed by atoms with E-state index in [9.17, 15) is 4.79 Å². The Balaban J connectivity index is 1.36. The number of rotatable bonds is 4. The van der Waals surface area contributed by atoms with E-state index in [0.29, 0.717) is 24.2 Å². The number of amides is 1. The molecule has 3 aromatic rings. The number of para-hydroxylation sites is 2. The van der Waals surface area contributed by atoms with E-state index in [1.807, 2.05) is 48.2 Å². The highest BCUT2D eigenvalue weighted by Crippen LogP contribution is 2.31. The summed E-state index contributed by atoms with van der Waals surface area (Å²) in [5.41, 5.74) is 3.42. The molecule has 6 nitrogen and oxygen atoms in total. The average molecular weight is 422 g/mol. The molecule has 7 heteroatoms. The van der Waals surface area contributed by atoms with E-state index in [1.165, 1.54) is 12.8 Å². The fourth-order valence-corrected chi connectivity index (χ4v) is 4.11. The zero-order valence-electron chi connectivity index (χ0n) is 16.9. The lowest BCUT2D eigenvalue weighted by Crippen LogP contribution is -2.49. The number of fused-ring (bicyclic) bond motifs is 1. The van der Waals surface area contributed by atoms with Crippen LogP contribution >= 0.6 is 11.6 Å². The topological polar surface area (TPSA) is 61.4 Å². The van der Waals surface area contributed by atoms with E-state index >= 15 is 0 Å². The van der Waals surface area contributed by atoms with Crippen LogP contribution in [0.25, 0.3) is 11.0 Å². The number of hydrogen-bond donors (Lipinski definition) is 1. The van der Waals surface area contributed by atoms with Crippen LogP contribution in [-0.4, -0.2) is 53.0 Å². The third kappa shape index (κ3) is 3.79. The number of nitrogens with one attached hydrogen (secondary N) is 1. The van der Waals surface area contributed by atoms with Gasteiger partial charge >= 0.3 is 0 Å². The number of hydrogen-bond acceptors (Lipinski definition) is 5. The Hall–Kier alpha value is -2.86. The molecule has 1 N–H and O–H groups in total. The maximum atomic E-state index is 13.0. The van der Waals surface area contributed by atoms with Crippen LogP contribution in [0.2, 0.25) is 5.02 Å². The first kappa shape index (κ1) is 19.1. The van der Waals surface area contributed by atoms with Gasteiger partial charge in [-0.25, -0.2) is 9.97 Å². The van der Waals surface area contributed by atoms with E-state index in [-0.39, 0.29) is 5.91 Å². The standard InChI is InChI=1S/C23H24ClN5O/c1-15-14-16(24)6-9-18(15)23(30)29-12-10-28(11-13-29)22-21(25-17-7-8-17)26-19-4-2-3-5-20(19)27-22/h2-6,9,14,17H,7-8,10-13H2,1H3,(H,25,26). The number of nitrogens with zero attached hydrogens (tertiary/aromatic N) is 4. The predicted molar refractivity (Wildman–Crippen MR) is 120 cm³/mol. The van der Waals surface area contributed by atoms with Crippen LogP contribution in [0.4, 0.5) is 11.6 Å². The maximum Gasteiger partial charge on any atom is 0.254 e.